The molecule has 2 aromatic carbocycles. The van der Waals surface area contributed by atoms with Gasteiger partial charge in [0.15, 0.2) is 0 Å². The number of halogens is 2. The monoisotopic (exact) mass is 444 g/mol. The molecule has 1 fully saturated rings. The number of rotatable bonds is 6. The Balaban J connectivity index is 1.77. The average Bonchev–Trinajstić information content (AvgIpc) is 2.81. The highest BCUT2D eigenvalue weighted by Crippen LogP contribution is 2.39. The van der Waals surface area contributed by atoms with E-state index in [2.05, 4.69) is 63.2 Å². The van der Waals surface area contributed by atoms with E-state index in [1.54, 1.807) is 0 Å². The van der Waals surface area contributed by atoms with Crippen LogP contribution in [-0.4, -0.2) is 0 Å². The lowest BCUT2D eigenvalue weighted by Gasteiger charge is -2.28. The second-order valence-corrected chi connectivity index (χ2v) is 10.3. The zero-order chi connectivity index (χ0) is 21.5. The quantitative estimate of drug-likeness (QED) is 0.416. The summed E-state index contributed by atoms with van der Waals surface area (Å²) in [5, 5.41) is 1.72. The van der Waals surface area contributed by atoms with Crippen molar-refractivity contribution >= 4 is 23.2 Å². The van der Waals surface area contributed by atoms with Crippen molar-refractivity contribution < 1.29 is 0 Å². The van der Waals surface area contributed by atoms with Gasteiger partial charge < -0.3 is 0 Å². The summed E-state index contributed by atoms with van der Waals surface area (Å²) in [5.41, 5.74) is 3.88. The summed E-state index contributed by atoms with van der Waals surface area (Å²) >= 11 is 13.4. The Labute approximate surface area is 194 Å². The SMILES string of the molecule is CCc1cc(Cl)c(CC2CCC(Cc3ccccc3)C(CC)CCCC2C)c(Cl)c1. The van der Waals surface area contributed by atoms with Crippen LogP contribution >= 0.6 is 23.2 Å². The smallest absolute Gasteiger partial charge is 0.0455 e. The van der Waals surface area contributed by atoms with E-state index < -0.39 is 0 Å². The third kappa shape index (κ3) is 6.27. The van der Waals surface area contributed by atoms with E-state index in [1.165, 1.54) is 61.6 Å². The van der Waals surface area contributed by atoms with E-state index in [1.807, 2.05) is 0 Å². The van der Waals surface area contributed by atoms with Crippen molar-refractivity contribution in [2.24, 2.45) is 23.7 Å². The van der Waals surface area contributed by atoms with E-state index in [0.29, 0.717) is 5.92 Å². The molecular formula is C28H38Cl2. The minimum atomic E-state index is 0.654. The highest BCUT2D eigenvalue weighted by Gasteiger charge is 2.27. The lowest BCUT2D eigenvalue weighted by atomic mass is 9.78. The maximum absolute atomic E-state index is 6.68. The van der Waals surface area contributed by atoms with E-state index >= 15 is 0 Å². The van der Waals surface area contributed by atoms with Crippen LogP contribution in [0.3, 0.4) is 0 Å². The fraction of sp³-hybridized carbons (Fsp3) is 0.571. The zero-order valence-corrected chi connectivity index (χ0v) is 20.5. The molecule has 0 saturated heterocycles. The standard InChI is InChI=1S/C28H38Cl2/c1-4-21-17-27(29)26(28(30)18-21)19-24-14-15-25(16-22-11-7-6-8-12-22)23(5-2)13-9-10-20(24)3/h6-8,11-12,17-18,20,23-25H,4-5,9-10,13-16,19H2,1-3H3. The van der Waals surface area contributed by atoms with Gasteiger partial charge in [-0.2, -0.15) is 0 Å². The summed E-state index contributed by atoms with van der Waals surface area (Å²) in [6, 6.07) is 15.3. The van der Waals surface area contributed by atoms with Gasteiger partial charge in [-0.1, -0.05) is 100.0 Å². The third-order valence-corrected chi connectivity index (χ3v) is 8.23. The maximum Gasteiger partial charge on any atom is 0.0455 e. The molecule has 1 aliphatic rings. The van der Waals surface area contributed by atoms with Gasteiger partial charge in [0.2, 0.25) is 0 Å². The van der Waals surface area contributed by atoms with Gasteiger partial charge in [-0.05, 0) is 84.6 Å². The summed E-state index contributed by atoms with van der Waals surface area (Å²) in [6.07, 6.45) is 11.1. The zero-order valence-electron chi connectivity index (χ0n) is 19.0. The number of benzene rings is 2. The molecule has 0 aliphatic heterocycles. The number of hydrogen-bond donors (Lipinski definition) is 0. The van der Waals surface area contributed by atoms with Gasteiger partial charge in [-0.25, -0.2) is 0 Å². The van der Waals surface area contributed by atoms with Gasteiger partial charge in [0.25, 0.3) is 0 Å². The molecule has 3 rings (SSSR count). The van der Waals surface area contributed by atoms with Gasteiger partial charge in [-0.3, -0.25) is 0 Å². The van der Waals surface area contributed by atoms with Crippen LogP contribution in [-0.2, 0) is 19.3 Å². The Morgan fingerprint density at radius 1 is 0.767 bits per heavy atom. The van der Waals surface area contributed by atoms with Crippen molar-refractivity contribution in [1.29, 1.82) is 0 Å². The first-order valence-electron chi connectivity index (χ1n) is 12.0. The van der Waals surface area contributed by atoms with Crippen LogP contribution in [0, 0.1) is 23.7 Å². The van der Waals surface area contributed by atoms with E-state index in [4.69, 9.17) is 23.2 Å². The molecule has 0 nitrogen and oxygen atoms in total. The predicted octanol–water partition coefficient (Wildman–Crippen LogP) is 9.20. The summed E-state index contributed by atoms with van der Waals surface area (Å²) in [4.78, 5) is 0. The Bertz CT molecular complexity index is 759. The predicted molar refractivity (Wildman–Crippen MR) is 133 cm³/mol. The highest BCUT2D eigenvalue weighted by atomic mass is 35.5. The molecular weight excluding hydrogens is 407 g/mol. The van der Waals surface area contributed by atoms with Crippen LogP contribution in [0.5, 0.6) is 0 Å². The molecule has 0 N–H and O–H groups in total. The second-order valence-electron chi connectivity index (χ2n) is 9.46. The molecule has 1 saturated carbocycles. The van der Waals surface area contributed by atoms with Crippen molar-refractivity contribution in [3.05, 3.63) is 69.2 Å². The van der Waals surface area contributed by atoms with Crippen molar-refractivity contribution in [3.63, 3.8) is 0 Å². The molecule has 2 heteroatoms. The van der Waals surface area contributed by atoms with E-state index in [-0.39, 0.29) is 0 Å². The van der Waals surface area contributed by atoms with Gasteiger partial charge in [0, 0.05) is 10.0 Å². The Kier molecular flexibility index (Phi) is 9.14. The van der Waals surface area contributed by atoms with Gasteiger partial charge in [-0.15, -0.1) is 0 Å². The Morgan fingerprint density at radius 2 is 1.43 bits per heavy atom. The van der Waals surface area contributed by atoms with Crippen molar-refractivity contribution in [3.8, 4) is 0 Å². The number of aryl methyl sites for hydroxylation is 1. The first-order chi connectivity index (χ1) is 14.5. The van der Waals surface area contributed by atoms with E-state index in [9.17, 15) is 0 Å². The molecule has 1 aliphatic carbocycles. The molecule has 2 aromatic rings. The normalized spacial score (nSPS) is 25.4. The molecule has 4 atom stereocenters. The topological polar surface area (TPSA) is 0 Å². The minimum Gasteiger partial charge on any atom is -0.0840 e. The van der Waals surface area contributed by atoms with Crippen LogP contribution in [0.2, 0.25) is 10.0 Å². The Morgan fingerprint density at radius 3 is 2.07 bits per heavy atom. The fourth-order valence-corrected chi connectivity index (χ4v) is 6.15. The lowest BCUT2D eigenvalue weighted by Crippen LogP contribution is -2.19. The molecule has 30 heavy (non-hydrogen) atoms. The molecule has 164 valence electrons. The minimum absolute atomic E-state index is 0.654. The van der Waals surface area contributed by atoms with Gasteiger partial charge >= 0.3 is 0 Å². The molecule has 4 unspecified atom stereocenters. The van der Waals surface area contributed by atoms with E-state index in [0.717, 1.165) is 40.6 Å². The number of hydrogen-bond acceptors (Lipinski definition) is 0. The molecule has 0 radical (unpaired) electrons. The highest BCUT2D eigenvalue weighted by molar-refractivity contribution is 6.36. The third-order valence-electron chi connectivity index (χ3n) is 7.55. The van der Waals surface area contributed by atoms with Crippen LogP contribution in [0.15, 0.2) is 42.5 Å². The Hall–Kier alpha value is -0.980. The molecule has 0 heterocycles. The average molecular weight is 446 g/mol. The van der Waals surface area contributed by atoms with Crippen LogP contribution in [0.4, 0.5) is 0 Å². The molecule has 0 amide bonds. The van der Waals surface area contributed by atoms with Crippen LogP contribution in [0.1, 0.15) is 76.0 Å². The van der Waals surface area contributed by atoms with Crippen molar-refractivity contribution in [2.45, 2.75) is 78.6 Å². The molecule has 0 aromatic heterocycles. The fourth-order valence-electron chi connectivity index (χ4n) is 5.46. The van der Waals surface area contributed by atoms with Crippen molar-refractivity contribution in [2.75, 3.05) is 0 Å². The van der Waals surface area contributed by atoms with Crippen molar-refractivity contribution in [1.82, 2.24) is 0 Å². The summed E-state index contributed by atoms with van der Waals surface area (Å²) in [5.74, 6) is 2.99. The van der Waals surface area contributed by atoms with Gasteiger partial charge in [0.1, 0.15) is 0 Å². The van der Waals surface area contributed by atoms with Crippen LogP contribution < -0.4 is 0 Å². The maximum atomic E-state index is 6.68. The largest absolute Gasteiger partial charge is 0.0840 e. The molecule has 0 bridgehead atoms. The first-order valence-corrected chi connectivity index (χ1v) is 12.8. The summed E-state index contributed by atoms with van der Waals surface area (Å²) < 4.78 is 0. The summed E-state index contributed by atoms with van der Waals surface area (Å²) in [6.45, 7) is 6.99. The first kappa shape index (κ1) is 23.7. The summed E-state index contributed by atoms with van der Waals surface area (Å²) in [7, 11) is 0. The van der Waals surface area contributed by atoms with Crippen LogP contribution in [0.25, 0.3) is 0 Å². The lowest BCUT2D eigenvalue weighted by molar-refractivity contribution is 0.263. The van der Waals surface area contributed by atoms with Gasteiger partial charge in [0.05, 0.1) is 0 Å². The molecule has 0 spiro atoms. The second kappa shape index (κ2) is 11.6.